The molecule has 2 heterocycles. The number of hydrogen-bond donors (Lipinski definition) is 0. The van der Waals surface area contributed by atoms with E-state index in [2.05, 4.69) is 5.10 Å². The van der Waals surface area contributed by atoms with E-state index in [1.54, 1.807) is 7.05 Å². The standard InChI is InChI=1S/C18H28N4O2/c1-20-18(24)22(15-7-2-3-8-15)16(19-20)13-9-11-21(12-10-13)17(23)14-5-4-6-14/h13-15H,2-12H2,1H3. The van der Waals surface area contributed by atoms with Gasteiger partial charge in [-0.3, -0.25) is 9.36 Å². The SMILES string of the molecule is Cn1nc(C2CCN(C(=O)C3CCC3)CC2)n(C2CCCC2)c1=O. The van der Waals surface area contributed by atoms with Crippen LogP contribution < -0.4 is 5.69 Å². The number of carbonyl (C=O) groups is 1. The molecule has 24 heavy (non-hydrogen) atoms. The Labute approximate surface area is 142 Å². The van der Waals surface area contributed by atoms with Crippen molar-refractivity contribution < 1.29 is 4.79 Å². The number of piperidine rings is 1. The van der Waals surface area contributed by atoms with E-state index in [1.807, 2.05) is 9.47 Å². The van der Waals surface area contributed by atoms with Crippen LogP contribution in [0.1, 0.15) is 75.6 Å². The molecule has 0 aromatic carbocycles. The molecule has 6 nitrogen and oxygen atoms in total. The Bertz CT molecular complexity index is 659. The van der Waals surface area contributed by atoms with Crippen LogP contribution in [0.15, 0.2) is 4.79 Å². The number of hydrogen-bond acceptors (Lipinski definition) is 3. The van der Waals surface area contributed by atoms with Crippen molar-refractivity contribution in [1.82, 2.24) is 19.2 Å². The lowest BCUT2D eigenvalue weighted by Gasteiger charge is -2.36. The van der Waals surface area contributed by atoms with E-state index in [0.717, 1.165) is 57.4 Å². The number of amides is 1. The summed E-state index contributed by atoms with van der Waals surface area (Å²) in [6.07, 6.45) is 9.81. The number of likely N-dealkylation sites (tertiary alicyclic amines) is 1. The van der Waals surface area contributed by atoms with Gasteiger partial charge in [0.1, 0.15) is 5.82 Å². The molecule has 1 saturated heterocycles. The number of nitrogens with zero attached hydrogens (tertiary/aromatic N) is 4. The van der Waals surface area contributed by atoms with E-state index in [1.165, 1.54) is 23.9 Å². The molecule has 0 bridgehead atoms. The first-order valence-corrected chi connectivity index (χ1v) is 9.59. The molecule has 132 valence electrons. The highest BCUT2D eigenvalue weighted by atomic mass is 16.2. The molecule has 6 heteroatoms. The van der Waals surface area contributed by atoms with Crippen LogP contribution >= 0.6 is 0 Å². The van der Waals surface area contributed by atoms with E-state index < -0.39 is 0 Å². The van der Waals surface area contributed by atoms with Gasteiger partial charge in [0.2, 0.25) is 5.91 Å². The van der Waals surface area contributed by atoms with E-state index >= 15 is 0 Å². The summed E-state index contributed by atoms with van der Waals surface area (Å²) in [5.74, 6) is 1.91. The quantitative estimate of drug-likeness (QED) is 0.852. The minimum absolute atomic E-state index is 0.0323. The predicted molar refractivity (Wildman–Crippen MR) is 90.9 cm³/mol. The van der Waals surface area contributed by atoms with Crippen LogP contribution in [-0.4, -0.2) is 38.2 Å². The molecule has 2 aliphatic carbocycles. The first-order chi connectivity index (χ1) is 11.6. The Hall–Kier alpha value is -1.59. The fourth-order valence-corrected chi connectivity index (χ4v) is 4.55. The highest BCUT2D eigenvalue weighted by Crippen LogP contribution is 2.35. The van der Waals surface area contributed by atoms with Gasteiger partial charge in [-0.05, 0) is 38.5 Å². The Morgan fingerprint density at radius 3 is 2.25 bits per heavy atom. The van der Waals surface area contributed by atoms with Crippen molar-refractivity contribution in [1.29, 1.82) is 0 Å². The largest absolute Gasteiger partial charge is 0.345 e. The molecule has 0 atom stereocenters. The average molecular weight is 332 g/mol. The molecule has 1 aliphatic heterocycles. The lowest BCUT2D eigenvalue weighted by molar-refractivity contribution is -0.139. The highest BCUT2D eigenvalue weighted by molar-refractivity contribution is 5.79. The monoisotopic (exact) mass is 332 g/mol. The third-order valence-corrected chi connectivity index (χ3v) is 6.30. The number of aryl methyl sites for hydroxylation is 1. The van der Waals surface area contributed by atoms with Gasteiger partial charge >= 0.3 is 5.69 Å². The van der Waals surface area contributed by atoms with E-state index in [9.17, 15) is 9.59 Å². The van der Waals surface area contributed by atoms with Crippen LogP contribution in [0.5, 0.6) is 0 Å². The molecule has 0 radical (unpaired) electrons. The van der Waals surface area contributed by atoms with Crippen LogP contribution in [0, 0.1) is 5.92 Å². The van der Waals surface area contributed by atoms with E-state index in [-0.39, 0.29) is 11.6 Å². The Morgan fingerprint density at radius 2 is 1.67 bits per heavy atom. The second-order valence-electron chi connectivity index (χ2n) is 7.80. The molecule has 1 amide bonds. The summed E-state index contributed by atoms with van der Waals surface area (Å²) in [5.41, 5.74) is 0.0323. The van der Waals surface area contributed by atoms with Crippen molar-refractivity contribution in [3.63, 3.8) is 0 Å². The summed E-state index contributed by atoms with van der Waals surface area (Å²) in [7, 11) is 1.76. The molecule has 0 spiro atoms. The van der Waals surface area contributed by atoms with Gasteiger partial charge in [-0.25, -0.2) is 9.48 Å². The van der Waals surface area contributed by atoms with Gasteiger partial charge in [-0.1, -0.05) is 19.3 Å². The molecule has 0 N–H and O–H groups in total. The Morgan fingerprint density at radius 1 is 1.00 bits per heavy atom. The zero-order valence-electron chi connectivity index (χ0n) is 14.6. The summed E-state index contributed by atoms with van der Waals surface area (Å²) in [6.45, 7) is 1.63. The van der Waals surface area contributed by atoms with Crippen molar-refractivity contribution in [2.24, 2.45) is 13.0 Å². The van der Waals surface area contributed by atoms with Gasteiger partial charge < -0.3 is 4.90 Å². The fourth-order valence-electron chi connectivity index (χ4n) is 4.55. The maximum atomic E-state index is 12.5. The third-order valence-electron chi connectivity index (χ3n) is 6.30. The molecule has 2 saturated carbocycles. The van der Waals surface area contributed by atoms with E-state index in [4.69, 9.17) is 0 Å². The summed E-state index contributed by atoms with van der Waals surface area (Å²) in [5, 5.41) is 4.57. The minimum Gasteiger partial charge on any atom is -0.342 e. The summed E-state index contributed by atoms with van der Waals surface area (Å²) < 4.78 is 3.47. The molecule has 3 fully saturated rings. The topological polar surface area (TPSA) is 60.1 Å². The van der Waals surface area contributed by atoms with Gasteiger partial charge in [0.05, 0.1) is 0 Å². The first-order valence-electron chi connectivity index (χ1n) is 9.59. The molecule has 1 aromatic heterocycles. The zero-order chi connectivity index (χ0) is 16.7. The van der Waals surface area contributed by atoms with Gasteiger partial charge in [-0.2, -0.15) is 5.10 Å². The van der Waals surface area contributed by atoms with Crippen LogP contribution in [0.3, 0.4) is 0 Å². The fraction of sp³-hybridized carbons (Fsp3) is 0.833. The average Bonchev–Trinajstić information content (AvgIpc) is 3.15. The lowest BCUT2D eigenvalue weighted by atomic mass is 9.83. The van der Waals surface area contributed by atoms with Gasteiger partial charge in [-0.15, -0.1) is 0 Å². The molecular weight excluding hydrogens is 304 g/mol. The minimum atomic E-state index is 0.0323. The van der Waals surface area contributed by atoms with Crippen molar-refractivity contribution in [2.75, 3.05) is 13.1 Å². The van der Waals surface area contributed by atoms with E-state index in [0.29, 0.717) is 17.9 Å². The maximum absolute atomic E-state index is 12.5. The second kappa shape index (κ2) is 6.37. The predicted octanol–water partition coefficient (Wildman–Crippen LogP) is 2.20. The molecule has 0 unspecified atom stereocenters. The van der Waals surface area contributed by atoms with Gasteiger partial charge in [0.25, 0.3) is 0 Å². The van der Waals surface area contributed by atoms with Crippen LogP contribution in [0.4, 0.5) is 0 Å². The summed E-state index contributed by atoms with van der Waals surface area (Å²) >= 11 is 0. The number of rotatable bonds is 3. The normalized spacial score (nSPS) is 23.6. The van der Waals surface area contributed by atoms with Crippen LogP contribution in [0.2, 0.25) is 0 Å². The van der Waals surface area contributed by atoms with Crippen LogP contribution in [-0.2, 0) is 11.8 Å². The zero-order valence-corrected chi connectivity index (χ0v) is 14.6. The number of aromatic nitrogens is 3. The van der Waals surface area contributed by atoms with Gasteiger partial charge in [0, 0.05) is 38.0 Å². The summed E-state index contributed by atoms with van der Waals surface area (Å²) in [6, 6.07) is 0.329. The smallest absolute Gasteiger partial charge is 0.342 e. The number of carbonyl (C=O) groups excluding carboxylic acids is 1. The molecular formula is C18H28N4O2. The van der Waals surface area contributed by atoms with Crippen molar-refractivity contribution in [2.45, 2.75) is 69.7 Å². The van der Waals surface area contributed by atoms with Crippen molar-refractivity contribution in [3.8, 4) is 0 Å². The second-order valence-corrected chi connectivity index (χ2v) is 7.80. The molecule has 4 rings (SSSR count). The van der Waals surface area contributed by atoms with Crippen molar-refractivity contribution in [3.05, 3.63) is 16.3 Å². The Balaban J connectivity index is 1.48. The highest BCUT2D eigenvalue weighted by Gasteiger charge is 2.34. The summed E-state index contributed by atoms with van der Waals surface area (Å²) in [4.78, 5) is 27.0. The third kappa shape index (κ3) is 2.70. The first kappa shape index (κ1) is 15.9. The Kier molecular flexibility index (Phi) is 4.22. The van der Waals surface area contributed by atoms with Crippen molar-refractivity contribution >= 4 is 5.91 Å². The molecule has 3 aliphatic rings. The molecule has 1 aromatic rings. The van der Waals surface area contributed by atoms with Gasteiger partial charge in [0.15, 0.2) is 0 Å². The lowest BCUT2D eigenvalue weighted by Crippen LogP contribution is -2.43. The maximum Gasteiger partial charge on any atom is 0.345 e. The van der Waals surface area contributed by atoms with Crippen LogP contribution in [0.25, 0.3) is 0 Å².